The van der Waals surface area contributed by atoms with E-state index in [1.165, 1.54) is 0 Å². The molecule has 3 rings (SSSR count). The lowest BCUT2D eigenvalue weighted by Crippen LogP contribution is -2.28. The van der Waals surface area contributed by atoms with E-state index in [9.17, 15) is 4.79 Å². The first-order chi connectivity index (χ1) is 12.6. The van der Waals surface area contributed by atoms with E-state index in [2.05, 4.69) is 10.3 Å². The molecule has 0 aliphatic rings. The van der Waals surface area contributed by atoms with E-state index in [1.807, 2.05) is 68.4 Å². The highest BCUT2D eigenvalue weighted by Gasteiger charge is 2.15. The summed E-state index contributed by atoms with van der Waals surface area (Å²) < 4.78 is 5.19. The summed E-state index contributed by atoms with van der Waals surface area (Å²) in [6.45, 7) is 3.95. The van der Waals surface area contributed by atoms with Crippen molar-refractivity contribution < 1.29 is 9.53 Å². The Morgan fingerprint density at radius 2 is 1.85 bits per heavy atom. The number of nitrogens with zero attached hydrogens (tertiary/aromatic N) is 1. The molecular formula is C21H22N2O2S. The van der Waals surface area contributed by atoms with Gasteiger partial charge in [0.1, 0.15) is 10.8 Å². The molecule has 5 heteroatoms. The number of aromatic nitrogens is 1. The number of ether oxygens (including phenoxy) is 1. The van der Waals surface area contributed by atoms with Gasteiger partial charge < -0.3 is 10.1 Å². The van der Waals surface area contributed by atoms with Crippen molar-refractivity contribution in [2.75, 3.05) is 7.11 Å². The summed E-state index contributed by atoms with van der Waals surface area (Å²) in [5.74, 6) is 0.825. The first-order valence-electron chi connectivity index (χ1n) is 8.52. The van der Waals surface area contributed by atoms with E-state index >= 15 is 0 Å². The summed E-state index contributed by atoms with van der Waals surface area (Å²) in [4.78, 5) is 18.0. The molecule has 0 aliphatic heterocycles. The van der Waals surface area contributed by atoms with Crippen LogP contribution in [-0.4, -0.2) is 18.0 Å². The Hall–Kier alpha value is -2.66. The molecule has 1 N–H and O–H groups in total. The van der Waals surface area contributed by atoms with E-state index in [1.54, 1.807) is 18.4 Å². The molecular weight excluding hydrogens is 344 g/mol. The molecule has 134 valence electrons. The van der Waals surface area contributed by atoms with Crippen LogP contribution in [0.2, 0.25) is 0 Å². The Bertz CT molecular complexity index is 873. The van der Waals surface area contributed by atoms with E-state index in [-0.39, 0.29) is 11.9 Å². The third-order valence-corrected chi connectivity index (χ3v) is 5.43. The van der Waals surface area contributed by atoms with Crippen molar-refractivity contribution in [3.05, 3.63) is 70.7 Å². The van der Waals surface area contributed by atoms with E-state index in [0.29, 0.717) is 6.42 Å². The van der Waals surface area contributed by atoms with Crippen LogP contribution in [0.15, 0.2) is 54.6 Å². The Labute approximate surface area is 157 Å². The maximum absolute atomic E-state index is 12.4. The van der Waals surface area contributed by atoms with Gasteiger partial charge in [-0.05, 0) is 43.7 Å². The maximum atomic E-state index is 12.4. The fraction of sp³-hybridized carbons (Fsp3) is 0.238. The molecule has 26 heavy (non-hydrogen) atoms. The van der Waals surface area contributed by atoms with Crippen LogP contribution in [0, 0.1) is 6.92 Å². The number of aryl methyl sites for hydroxylation is 1. The van der Waals surface area contributed by atoms with E-state index in [0.717, 1.165) is 32.5 Å². The monoisotopic (exact) mass is 366 g/mol. The van der Waals surface area contributed by atoms with Crippen molar-refractivity contribution in [2.24, 2.45) is 0 Å². The third kappa shape index (κ3) is 4.29. The van der Waals surface area contributed by atoms with Crippen LogP contribution in [0.1, 0.15) is 29.1 Å². The molecule has 0 radical (unpaired) electrons. The number of rotatable bonds is 6. The fourth-order valence-corrected chi connectivity index (χ4v) is 3.78. The molecule has 1 unspecified atom stereocenters. The first kappa shape index (κ1) is 18.1. The van der Waals surface area contributed by atoms with Crippen LogP contribution in [0.4, 0.5) is 0 Å². The number of nitrogens with one attached hydrogen (secondary N) is 1. The maximum Gasteiger partial charge on any atom is 0.225 e. The number of amides is 1. The molecule has 1 amide bonds. The largest absolute Gasteiger partial charge is 0.497 e. The lowest BCUT2D eigenvalue weighted by atomic mass is 10.1. The average Bonchev–Trinajstić information content (AvgIpc) is 3.02. The first-order valence-corrected chi connectivity index (χ1v) is 9.33. The highest BCUT2D eigenvalue weighted by atomic mass is 32.1. The standard InChI is InChI=1S/C21H22N2O2S/c1-14(16-7-5-4-6-8-16)22-20(24)13-19-15(2)23-21(26-19)17-9-11-18(25-3)12-10-17/h4-12,14H,13H2,1-3H3,(H,22,24). The molecule has 0 aliphatic carbocycles. The SMILES string of the molecule is COc1ccc(-c2nc(C)c(CC(=O)NC(C)c3ccccc3)s2)cc1. The van der Waals surface area contributed by atoms with Crippen LogP contribution in [0.3, 0.4) is 0 Å². The van der Waals surface area contributed by atoms with E-state index < -0.39 is 0 Å². The third-order valence-electron chi connectivity index (χ3n) is 4.23. The Morgan fingerprint density at radius 1 is 1.15 bits per heavy atom. The van der Waals surface area contributed by atoms with Crippen LogP contribution in [0.5, 0.6) is 5.75 Å². The highest BCUT2D eigenvalue weighted by molar-refractivity contribution is 7.15. The molecule has 1 aromatic heterocycles. The number of hydrogen-bond donors (Lipinski definition) is 1. The van der Waals surface area contributed by atoms with Gasteiger partial charge in [-0.15, -0.1) is 11.3 Å². The van der Waals surface area contributed by atoms with Gasteiger partial charge in [0.2, 0.25) is 5.91 Å². The van der Waals surface area contributed by atoms with Gasteiger partial charge in [-0.1, -0.05) is 30.3 Å². The normalized spacial score (nSPS) is 11.8. The summed E-state index contributed by atoms with van der Waals surface area (Å²) in [6, 6.07) is 17.8. The molecule has 3 aromatic rings. The lowest BCUT2D eigenvalue weighted by molar-refractivity contribution is -0.121. The molecule has 0 bridgehead atoms. The summed E-state index contributed by atoms with van der Waals surface area (Å²) in [6.07, 6.45) is 0.344. The molecule has 0 saturated carbocycles. The zero-order valence-corrected chi connectivity index (χ0v) is 16.0. The number of thiazole rings is 1. The Kier molecular flexibility index (Phi) is 5.68. The number of carbonyl (C=O) groups excluding carboxylic acids is 1. The van der Waals surface area contributed by atoms with Crippen molar-refractivity contribution in [3.63, 3.8) is 0 Å². The van der Waals surface area contributed by atoms with Crippen LogP contribution >= 0.6 is 11.3 Å². The zero-order chi connectivity index (χ0) is 18.5. The lowest BCUT2D eigenvalue weighted by Gasteiger charge is -2.13. The van der Waals surface area contributed by atoms with Gasteiger partial charge in [0.05, 0.1) is 25.3 Å². The predicted octanol–water partition coefficient (Wildman–Crippen LogP) is 4.55. The molecule has 2 aromatic carbocycles. The van der Waals surface area contributed by atoms with Crippen molar-refractivity contribution in [3.8, 4) is 16.3 Å². The molecule has 0 spiro atoms. The Balaban J connectivity index is 1.68. The van der Waals surface area contributed by atoms with Gasteiger partial charge in [0, 0.05) is 10.4 Å². The van der Waals surface area contributed by atoms with Crippen LogP contribution in [-0.2, 0) is 11.2 Å². The van der Waals surface area contributed by atoms with E-state index in [4.69, 9.17) is 4.74 Å². The van der Waals surface area contributed by atoms with Crippen molar-refractivity contribution in [2.45, 2.75) is 26.3 Å². The summed E-state index contributed by atoms with van der Waals surface area (Å²) in [5.41, 5.74) is 3.03. The molecule has 0 fully saturated rings. The van der Waals surface area contributed by atoms with Gasteiger partial charge in [-0.2, -0.15) is 0 Å². The number of hydrogen-bond acceptors (Lipinski definition) is 4. The second-order valence-electron chi connectivity index (χ2n) is 6.13. The summed E-state index contributed by atoms with van der Waals surface area (Å²) in [5, 5.41) is 3.98. The van der Waals surface area contributed by atoms with Gasteiger partial charge in [0.15, 0.2) is 0 Å². The van der Waals surface area contributed by atoms with Crippen molar-refractivity contribution in [1.29, 1.82) is 0 Å². The minimum Gasteiger partial charge on any atom is -0.497 e. The van der Waals surface area contributed by atoms with Crippen molar-refractivity contribution in [1.82, 2.24) is 10.3 Å². The predicted molar refractivity (Wildman–Crippen MR) is 106 cm³/mol. The van der Waals surface area contributed by atoms with Gasteiger partial charge in [0.25, 0.3) is 0 Å². The molecule has 1 heterocycles. The highest BCUT2D eigenvalue weighted by Crippen LogP contribution is 2.29. The number of benzene rings is 2. The second-order valence-corrected chi connectivity index (χ2v) is 7.22. The van der Waals surface area contributed by atoms with Gasteiger partial charge in [-0.3, -0.25) is 4.79 Å². The zero-order valence-electron chi connectivity index (χ0n) is 15.2. The molecule has 0 saturated heterocycles. The quantitative estimate of drug-likeness (QED) is 0.696. The molecule has 4 nitrogen and oxygen atoms in total. The van der Waals surface area contributed by atoms with Crippen LogP contribution in [0.25, 0.3) is 10.6 Å². The van der Waals surface area contributed by atoms with Crippen LogP contribution < -0.4 is 10.1 Å². The van der Waals surface area contributed by atoms with Crippen molar-refractivity contribution >= 4 is 17.2 Å². The van der Waals surface area contributed by atoms with Gasteiger partial charge >= 0.3 is 0 Å². The summed E-state index contributed by atoms with van der Waals surface area (Å²) in [7, 11) is 1.65. The minimum atomic E-state index is -0.0158. The minimum absolute atomic E-state index is 0.00869. The average molecular weight is 366 g/mol. The fourth-order valence-electron chi connectivity index (χ4n) is 2.71. The number of methoxy groups -OCH3 is 1. The molecule has 1 atom stereocenters. The smallest absolute Gasteiger partial charge is 0.225 e. The topological polar surface area (TPSA) is 51.2 Å². The number of carbonyl (C=O) groups is 1. The summed E-state index contributed by atoms with van der Waals surface area (Å²) >= 11 is 1.56. The second kappa shape index (κ2) is 8.15. The Morgan fingerprint density at radius 3 is 2.50 bits per heavy atom. The van der Waals surface area contributed by atoms with Gasteiger partial charge in [-0.25, -0.2) is 4.98 Å².